The molecule has 0 radical (unpaired) electrons. The van der Waals surface area contributed by atoms with Crippen LogP contribution in [0.4, 0.5) is 0 Å². The van der Waals surface area contributed by atoms with Crippen molar-refractivity contribution in [3.63, 3.8) is 0 Å². The summed E-state index contributed by atoms with van der Waals surface area (Å²) in [6.45, 7) is 2.24. The zero-order valence-electron chi connectivity index (χ0n) is 8.49. The topological polar surface area (TPSA) is 38.0 Å². The van der Waals surface area contributed by atoms with Crippen LogP contribution in [0.25, 0.3) is 10.9 Å². The maximum atomic E-state index is 8.97. The molecule has 3 heteroatoms. The van der Waals surface area contributed by atoms with Crippen molar-refractivity contribution in [1.82, 2.24) is 9.78 Å². The van der Waals surface area contributed by atoms with E-state index in [0.717, 1.165) is 11.2 Å². The number of rotatable bonds is 2. The Morgan fingerprint density at radius 3 is 2.93 bits per heavy atom. The summed E-state index contributed by atoms with van der Waals surface area (Å²) in [5.74, 6) is 0. The van der Waals surface area contributed by atoms with E-state index in [1.54, 1.807) is 0 Å². The van der Waals surface area contributed by atoms with Gasteiger partial charge in [0.2, 0.25) is 0 Å². The van der Waals surface area contributed by atoms with E-state index in [1.807, 2.05) is 23.9 Å². The highest BCUT2D eigenvalue weighted by atomic mass is 16.3. The van der Waals surface area contributed by atoms with Crippen molar-refractivity contribution in [3.05, 3.63) is 29.5 Å². The van der Waals surface area contributed by atoms with E-state index in [9.17, 15) is 0 Å². The van der Waals surface area contributed by atoms with E-state index in [1.165, 1.54) is 10.9 Å². The number of benzene rings is 1. The Morgan fingerprint density at radius 2 is 2.21 bits per heavy atom. The molecular weight excluding hydrogens is 176 g/mol. The van der Waals surface area contributed by atoms with Crippen LogP contribution < -0.4 is 0 Å². The summed E-state index contributed by atoms with van der Waals surface area (Å²) in [4.78, 5) is 0. The molecular formula is C11H14N2O. The van der Waals surface area contributed by atoms with Gasteiger partial charge in [0.15, 0.2) is 0 Å². The average Bonchev–Trinajstić information content (AvgIpc) is 2.45. The van der Waals surface area contributed by atoms with Gasteiger partial charge in [0.25, 0.3) is 0 Å². The van der Waals surface area contributed by atoms with E-state index in [0.29, 0.717) is 6.42 Å². The molecule has 0 aliphatic rings. The first-order valence-electron chi connectivity index (χ1n) is 4.76. The molecule has 0 aliphatic heterocycles. The second kappa shape index (κ2) is 3.42. The molecule has 1 heterocycles. The van der Waals surface area contributed by atoms with Gasteiger partial charge in [0.1, 0.15) is 0 Å². The lowest BCUT2D eigenvalue weighted by Gasteiger charge is -2.01. The summed E-state index contributed by atoms with van der Waals surface area (Å²) in [5.41, 5.74) is 3.34. The van der Waals surface area contributed by atoms with Gasteiger partial charge in [0, 0.05) is 31.2 Å². The van der Waals surface area contributed by atoms with Crippen LogP contribution in [0.3, 0.4) is 0 Å². The lowest BCUT2D eigenvalue weighted by molar-refractivity contribution is 0.296. The van der Waals surface area contributed by atoms with Crippen LogP contribution in [0.2, 0.25) is 0 Å². The third kappa shape index (κ3) is 1.30. The molecule has 2 aromatic rings. The molecule has 0 amide bonds. The number of aromatic nitrogens is 2. The summed E-state index contributed by atoms with van der Waals surface area (Å²) in [5, 5.41) is 14.6. The van der Waals surface area contributed by atoms with E-state index in [2.05, 4.69) is 18.1 Å². The molecule has 1 aromatic heterocycles. The second-order valence-corrected chi connectivity index (χ2v) is 3.51. The first kappa shape index (κ1) is 9.21. The number of hydrogen-bond acceptors (Lipinski definition) is 2. The smallest absolute Gasteiger partial charge is 0.0928 e. The largest absolute Gasteiger partial charge is 0.396 e. The van der Waals surface area contributed by atoms with Crippen molar-refractivity contribution in [3.8, 4) is 0 Å². The zero-order valence-corrected chi connectivity index (χ0v) is 8.49. The molecule has 0 saturated heterocycles. The number of aliphatic hydroxyl groups excluding tert-OH is 1. The summed E-state index contributed by atoms with van der Waals surface area (Å²) in [6.07, 6.45) is 0.665. The normalized spacial score (nSPS) is 11.1. The highest BCUT2D eigenvalue weighted by molar-refractivity contribution is 5.84. The summed E-state index contributed by atoms with van der Waals surface area (Å²) in [7, 11) is 1.92. The number of aliphatic hydroxyl groups is 1. The average molecular weight is 190 g/mol. The third-order valence-electron chi connectivity index (χ3n) is 2.54. The van der Waals surface area contributed by atoms with Crippen molar-refractivity contribution in [2.45, 2.75) is 13.3 Å². The fourth-order valence-electron chi connectivity index (χ4n) is 1.89. The Kier molecular flexibility index (Phi) is 2.25. The lowest BCUT2D eigenvalue weighted by atomic mass is 10.1. The van der Waals surface area contributed by atoms with E-state index >= 15 is 0 Å². The molecule has 1 N–H and O–H groups in total. The summed E-state index contributed by atoms with van der Waals surface area (Å²) < 4.78 is 1.86. The van der Waals surface area contributed by atoms with Gasteiger partial charge in [-0.05, 0) is 18.6 Å². The van der Waals surface area contributed by atoms with Gasteiger partial charge in [-0.3, -0.25) is 4.68 Å². The highest BCUT2D eigenvalue weighted by Gasteiger charge is 2.09. The van der Waals surface area contributed by atoms with Crippen molar-refractivity contribution in [2.24, 2.45) is 7.05 Å². The number of hydrogen-bond donors (Lipinski definition) is 1. The molecule has 1 aromatic carbocycles. The fourth-order valence-corrected chi connectivity index (χ4v) is 1.89. The predicted molar refractivity (Wildman–Crippen MR) is 56.2 cm³/mol. The number of nitrogens with zero attached hydrogens (tertiary/aromatic N) is 2. The first-order valence-corrected chi connectivity index (χ1v) is 4.76. The highest BCUT2D eigenvalue weighted by Crippen LogP contribution is 2.21. The van der Waals surface area contributed by atoms with E-state index in [-0.39, 0.29) is 6.61 Å². The summed E-state index contributed by atoms with van der Waals surface area (Å²) >= 11 is 0. The van der Waals surface area contributed by atoms with Crippen LogP contribution in [0.15, 0.2) is 18.2 Å². The van der Waals surface area contributed by atoms with Crippen molar-refractivity contribution < 1.29 is 5.11 Å². The van der Waals surface area contributed by atoms with Crippen LogP contribution in [-0.2, 0) is 13.5 Å². The van der Waals surface area contributed by atoms with Crippen LogP contribution in [0.1, 0.15) is 11.3 Å². The molecule has 3 nitrogen and oxygen atoms in total. The monoisotopic (exact) mass is 190 g/mol. The van der Waals surface area contributed by atoms with E-state index < -0.39 is 0 Å². The molecule has 0 spiro atoms. The second-order valence-electron chi connectivity index (χ2n) is 3.51. The molecule has 0 atom stereocenters. The summed E-state index contributed by atoms with van der Waals surface area (Å²) in [6, 6.07) is 6.08. The Labute approximate surface area is 83.0 Å². The first-order chi connectivity index (χ1) is 6.74. The molecule has 2 rings (SSSR count). The van der Waals surface area contributed by atoms with Gasteiger partial charge in [-0.2, -0.15) is 5.10 Å². The molecule has 0 bridgehead atoms. The maximum Gasteiger partial charge on any atom is 0.0928 e. The van der Waals surface area contributed by atoms with Gasteiger partial charge in [0.05, 0.1) is 5.52 Å². The van der Waals surface area contributed by atoms with Crippen molar-refractivity contribution in [2.75, 3.05) is 6.61 Å². The SMILES string of the molecule is Cc1cccc2nn(C)c(CCO)c12. The minimum atomic E-state index is 0.170. The van der Waals surface area contributed by atoms with Gasteiger partial charge in [-0.1, -0.05) is 12.1 Å². The van der Waals surface area contributed by atoms with Crippen LogP contribution in [0, 0.1) is 6.92 Å². The Hall–Kier alpha value is -1.35. The Morgan fingerprint density at radius 1 is 1.43 bits per heavy atom. The lowest BCUT2D eigenvalue weighted by Crippen LogP contribution is -2.01. The number of fused-ring (bicyclic) bond motifs is 1. The minimum absolute atomic E-state index is 0.170. The fraction of sp³-hybridized carbons (Fsp3) is 0.364. The van der Waals surface area contributed by atoms with Gasteiger partial charge >= 0.3 is 0 Å². The van der Waals surface area contributed by atoms with Crippen molar-refractivity contribution >= 4 is 10.9 Å². The third-order valence-corrected chi connectivity index (χ3v) is 2.54. The van der Waals surface area contributed by atoms with Gasteiger partial charge in [-0.15, -0.1) is 0 Å². The minimum Gasteiger partial charge on any atom is -0.396 e. The predicted octanol–water partition coefficient (Wildman–Crippen LogP) is 1.42. The van der Waals surface area contributed by atoms with Crippen LogP contribution in [-0.4, -0.2) is 21.5 Å². The Bertz CT molecular complexity index is 460. The van der Waals surface area contributed by atoms with Crippen LogP contribution in [0.5, 0.6) is 0 Å². The Balaban J connectivity index is 2.73. The van der Waals surface area contributed by atoms with Crippen molar-refractivity contribution in [1.29, 1.82) is 0 Å². The molecule has 74 valence electrons. The van der Waals surface area contributed by atoms with Crippen LogP contribution >= 0.6 is 0 Å². The molecule has 0 unspecified atom stereocenters. The molecule has 0 fully saturated rings. The van der Waals surface area contributed by atoms with E-state index in [4.69, 9.17) is 5.11 Å². The zero-order chi connectivity index (χ0) is 10.1. The molecule has 0 aliphatic carbocycles. The molecule has 0 saturated carbocycles. The van der Waals surface area contributed by atoms with Gasteiger partial charge in [-0.25, -0.2) is 0 Å². The molecule has 14 heavy (non-hydrogen) atoms. The number of aryl methyl sites for hydroxylation is 2. The quantitative estimate of drug-likeness (QED) is 0.777. The maximum absolute atomic E-state index is 8.97. The van der Waals surface area contributed by atoms with Gasteiger partial charge < -0.3 is 5.11 Å². The standard InChI is InChI=1S/C11H14N2O/c1-8-4-3-5-9-11(8)10(6-7-14)13(2)12-9/h3-5,14H,6-7H2,1-2H3.